The molecule has 2 unspecified atom stereocenters. The first-order valence-electron chi connectivity index (χ1n) is 6.91. The Morgan fingerprint density at radius 1 is 1.53 bits per heavy atom. The van der Waals surface area contributed by atoms with Crippen molar-refractivity contribution in [2.45, 2.75) is 45.9 Å². The molecule has 2 heterocycles. The van der Waals surface area contributed by atoms with Crippen molar-refractivity contribution in [1.29, 1.82) is 0 Å². The van der Waals surface area contributed by atoms with E-state index in [1.807, 2.05) is 29.5 Å². The van der Waals surface area contributed by atoms with Crippen LogP contribution in [0.15, 0.2) is 12.3 Å². The number of hydrogen-bond acceptors (Lipinski definition) is 3. The van der Waals surface area contributed by atoms with Crippen LogP contribution in [0, 0.1) is 0 Å². The predicted molar refractivity (Wildman–Crippen MR) is 75.0 cm³/mol. The van der Waals surface area contributed by atoms with Crippen molar-refractivity contribution in [2.24, 2.45) is 0 Å². The number of carbonyl (C=O) groups excluding carboxylic acids is 1. The molecule has 0 saturated carbocycles. The molecule has 1 amide bonds. The minimum atomic E-state index is 0.0489. The fourth-order valence-corrected chi connectivity index (χ4v) is 2.47. The van der Waals surface area contributed by atoms with E-state index >= 15 is 0 Å². The van der Waals surface area contributed by atoms with Gasteiger partial charge in [-0.3, -0.25) is 4.79 Å². The van der Waals surface area contributed by atoms with Gasteiger partial charge < -0.3 is 19.9 Å². The van der Waals surface area contributed by atoms with Gasteiger partial charge in [-0.05, 0) is 26.3 Å². The lowest BCUT2D eigenvalue weighted by Gasteiger charge is -2.36. The molecule has 1 aromatic rings. The number of hydrogen-bond donors (Lipinski definition) is 1. The van der Waals surface area contributed by atoms with Crippen LogP contribution in [0.1, 0.15) is 37.7 Å². The number of morpholine rings is 1. The standard InChI is InChI=1S/C14H23N3O2/c1-4-5-16-8-12(15)6-13(16)14(18)17-7-11(3)19-9-10(17)2/h6,8,10-11H,4-5,7,9,15H2,1-3H3. The number of anilines is 1. The van der Waals surface area contributed by atoms with Gasteiger partial charge in [0.25, 0.3) is 5.91 Å². The molecule has 2 rings (SSSR count). The van der Waals surface area contributed by atoms with Crippen LogP contribution in [0.5, 0.6) is 0 Å². The van der Waals surface area contributed by atoms with Crippen molar-refractivity contribution in [3.8, 4) is 0 Å². The van der Waals surface area contributed by atoms with Gasteiger partial charge in [-0.15, -0.1) is 0 Å². The molecule has 0 spiro atoms. The van der Waals surface area contributed by atoms with E-state index in [-0.39, 0.29) is 18.1 Å². The highest BCUT2D eigenvalue weighted by molar-refractivity contribution is 5.94. The first kappa shape index (κ1) is 13.9. The van der Waals surface area contributed by atoms with Gasteiger partial charge in [0, 0.05) is 19.3 Å². The van der Waals surface area contributed by atoms with E-state index in [4.69, 9.17) is 10.5 Å². The number of nitrogens with zero attached hydrogens (tertiary/aromatic N) is 2. The third-order valence-electron chi connectivity index (χ3n) is 3.47. The van der Waals surface area contributed by atoms with Crippen LogP contribution < -0.4 is 5.73 Å². The fraction of sp³-hybridized carbons (Fsp3) is 0.643. The van der Waals surface area contributed by atoms with E-state index in [1.54, 1.807) is 6.07 Å². The van der Waals surface area contributed by atoms with E-state index < -0.39 is 0 Å². The first-order chi connectivity index (χ1) is 9.02. The zero-order chi connectivity index (χ0) is 14.0. The second-order valence-electron chi connectivity index (χ2n) is 5.30. The summed E-state index contributed by atoms with van der Waals surface area (Å²) in [6, 6.07) is 1.88. The second-order valence-corrected chi connectivity index (χ2v) is 5.30. The summed E-state index contributed by atoms with van der Waals surface area (Å²) in [5.41, 5.74) is 7.15. The summed E-state index contributed by atoms with van der Waals surface area (Å²) in [6.07, 6.45) is 2.90. The second kappa shape index (κ2) is 5.65. The van der Waals surface area contributed by atoms with Gasteiger partial charge in [-0.2, -0.15) is 0 Å². The van der Waals surface area contributed by atoms with E-state index in [2.05, 4.69) is 6.92 Å². The molecule has 5 nitrogen and oxygen atoms in total. The van der Waals surface area contributed by atoms with Crippen molar-refractivity contribution in [2.75, 3.05) is 18.9 Å². The Morgan fingerprint density at radius 3 is 2.95 bits per heavy atom. The lowest BCUT2D eigenvalue weighted by Crippen LogP contribution is -2.50. The summed E-state index contributed by atoms with van der Waals surface area (Å²) >= 11 is 0. The fourth-order valence-electron chi connectivity index (χ4n) is 2.47. The molecule has 19 heavy (non-hydrogen) atoms. The highest BCUT2D eigenvalue weighted by Crippen LogP contribution is 2.18. The van der Waals surface area contributed by atoms with Gasteiger partial charge >= 0.3 is 0 Å². The normalized spacial score (nSPS) is 23.6. The van der Waals surface area contributed by atoms with E-state index in [1.165, 1.54) is 0 Å². The molecule has 5 heteroatoms. The molecule has 0 radical (unpaired) electrons. The summed E-state index contributed by atoms with van der Waals surface area (Å²) in [5.74, 6) is 0.0489. The highest BCUT2D eigenvalue weighted by Gasteiger charge is 2.29. The molecule has 1 aromatic heterocycles. The number of rotatable bonds is 3. The summed E-state index contributed by atoms with van der Waals surface area (Å²) in [6.45, 7) is 8.14. The van der Waals surface area contributed by atoms with Gasteiger partial charge in [-0.25, -0.2) is 0 Å². The van der Waals surface area contributed by atoms with E-state index in [0.29, 0.717) is 24.5 Å². The van der Waals surface area contributed by atoms with E-state index in [0.717, 1.165) is 13.0 Å². The Morgan fingerprint density at radius 2 is 2.26 bits per heavy atom. The molecule has 1 saturated heterocycles. The molecule has 106 valence electrons. The maximum atomic E-state index is 12.7. The molecule has 1 fully saturated rings. The molecular formula is C14H23N3O2. The smallest absolute Gasteiger partial charge is 0.270 e. The zero-order valence-corrected chi connectivity index (χ0v) is 11.9. The lowest BCUT2D eigenvalue weighted by molar-refractivity contribution is -0.0390. The van der Waals surface area contributed by atoms with Gasteiger partial charge in [0.2, 0.25) is 0 Å². The highest BCUT2D eigenvalue weighted by atomic mass is 16.5. The van der Waals surface area contributed by atoms with Gasteiger partial charge in [0.1, 0.15) is 5.69 Å². The molecule has 2 N–H and O–H groups in total. The SMILES string of the molecule is CCCn1cc(N)cc1C(=O)N1CC(C)OCC1C. The Balaban J connectivity index is 2.22. The topological polar surface area (TPSA) is 60.5 Å². The number of amides is 1. The number of nitrogen functional groups attached to an aromatic ring is 1. The zero-order valence-electron chi connectivity index (χ0n) is 11.9. The number of aromatic nitrogens is 1. The van der Waals surface area contributed by atoms with Crippen molar-refractivity contribution in [3.05, 3.63) is 18.0 Å². The number of nitrogens with two attached hydrogens (primary N) is 1. The Hall–Kier alpha value is -1.49. The number of carbonyl (C=O) groups is 1. The predicted octanol–water partition coefficient (Wildman–Crippen LogP) is 1.73. The van der Waals surface area contributed by atoms with Crippen LogP contribution in [0.2, 0.25) is 0 Å². The van der Waals surface area contributed by atoms with Crippen LogP contribution in [0.3, 0.4) is 0 Å². The van der Waals surface area contributed by atoms with Crippen molar-refractivity contribution < 1.29 is 9.53 Å². The van der Waals surface area contributed by atoms with Crippen LogP contribution in [0.4, 0.5) is 5.69 Å². The minimum Gasteiger partial charge on any atom is -0.397 e. The third kappa shape index (κ3) is 2.92. The number of ether oxygens (including phenoxy) is 1. The minimum absolute atomic E-state index is 0.0489. The maximum absolute atomic E-state index is 12.7. The van der Waals surface area contributed by atoms with Crippen molar-refractivity contribution >= 4 is 11.6 Å². The van der Waals surface area contributed by atoms with Gasteiger partial charge in [0.15, 0.2) is 0 Å². The molecule has 1 aliphatic rings. The largest absolute Gasteiger partial charge is 0.397 e. The molecule has 0 aliphatic carbocycles. The van der Waals surface area contributed by atoms with E-state index in [9.17, 15) is 4.79 Å². The summed E-state index contributed by atoms with van der Waals surface area (Å²) in [4.78, 5) is 14.5. The van der Waals surface area contributed by atoms with Gasteiger partial charge in [0.05, 0.1) is 24.4 Å². The first-order valence-corrected chi connectivity index (χ1v) is 6.91. The molecule has 2 atom stereocenters. The van der Waals surface area contributed by atoms with Crippen LogP contribution in [0.25, 0.3) is 0 Å². The summed E-state index contributed by atoms with van der Waals surface area (Å²) < 4.78 is 7.51. The summed E-state index contributed by atoms with van der Waals surface area (Å²) in [5, 5.41) is 0. The van der Waals surface area contributed by atoms with Crippen molar-refractivity contribution in [3.63, 3.8) is 0 Å². The number of aryl methyl sites for hydroxylation is 1. The monoisotopic (exact) mass is 265 g/mol. The van der Waals surface area contributed by atoms with Crippen LogP contribution >= 0.6 is 0 Å². The van der Waals surface area contributed by atoms with Crippen LogP contribution in [-0.2, 0) is 11.3 Å². The van der Waals surface area contributed by atoms with Crippen molar-refractivity contribution in [1.82, 2.24) is 9.47 Å². The molecule has 0 bridgehead atoms. The lowest BCUT2D eigenvalue weighted by atomic mass is 10.2. The average molecular weight is 265 g/mol. The Kier molecular flexibility index (Phi) is 4.14. The summed E-state index contributed by atoms with van der Waals surface area (Å²) in [7, 11) is 0. The Bertz CT molecular complexity index is 456. The molecule has 0 aromatic carbocycles. The van der Waals surface area contributed by atoms with Gasteiger partial charge in [-0.1, -0.05) is 6.92 Å². The molecule has 1 aliphatic heterocycles. The van der Waals surface area contributed by atoms with Crippen LogP contribution in [-0.4, -0.2) is 40.7 Å². The third-order valence-corrected chi connectivity index (χ3v) is 3.47. The molecular weight excluding hydrogens is 242 g/mol. The average Bonchev–Trinajstić information content (AvgIpc) is 2.73. The Labute approximate surface area is 114 Å². The maximum Gasteiger partial charge on any atom is 0.270 e. The quantitative estimate of drug-likeness (QED) is 0.905.